The van der Waals surface area contributed by atoms with Gasteiger partial charge < -0.3 is 41.1 Å². The molecule has 0 bridgehead atoms. The van der Waals surface area contributed by atoms with Crippen LogP contribution in [0, 0.1) is 6.92 Å². The number of benzene rings is 2. The minimum absolute atomic E-state index is 0.106. The number of amides is 1. The Balaban J connectivity index is 2.13. The van der Waals surface area contributed by atoms with Gasteiger partial charge in [-0.05, 0) is 58.5 Å². The van der Waals surface area contributed by atoms with Gasteiger partial charge in [0.15, 0.2) is 11.4 Å². The van der Waals surface area contributed by atoms with Gasteiger partial charge in [-0.1, -0.05) is 24.3 Å². The highest BCUT2D eigenvalue weighted by atomic mass is 16.5. The summed E-state index contributed by atoms with van der Waals surface area (Å²) < 4.78 is 5.46. The molecule has 2 aromatic rings. The molecule has 1 fully saturated rings. The molecule has 0 saturated heterocycles. The number of carbonyl (C=O) groups excluding carboxylic acids is 3. The van der Waals surface area contributed by atoms with E-state index in [1.54, 1.807) is 37.3 Å². The molecular formula is C27H35N3O8. The molecule has 0 aromatic heterocycles. The number of aryl methyl sites for hydroxylation is 1. The Kier molecular flexibility index (Phi) is 8.18. The lowest BCUT2D eigenvalue weighted by Crippen LogP contribution is -2.74. The molecule has 1 aliphatic rings. The summed E-state index contributed by atoms with van der Waals surface area (Å²) in [6, 6.07) is 8.46. The van der Waals surface area contributed by atoms with E-state index in [0.717, 1.165) is 0 Å². The number of anilines is 1. The van der Waals surface area contributed by atoms with Crippen LogP contribution >= 0.6 is 0 Å². The van der Waals surface area contributed by atoms with Crippen LogP contribution in [0.15, 0.2) is 42.5 Å². The second kappa shape index (κ2) is 10.7. The van der Waals surface area contributed by atoms with E-state index in [4.69, 9.17) is 4.74 Å². The molecule has 2 aromatic carbocycles. The van der Waals surface area contributed by atoms with Crippen LogP contribution in [0.4, 0.5) is 5.69 Å². The van der Waals surface area contributed by atoms with Crippen LogP contribution in [0.1, 0.15) is 47.1 Å². The highest BCUT2D eigenvalue weighted by Gasteiger charge is 2.76. The fourth-order valence-electron chi connectivity index (χ4n) is 5.68. The minimum Gasteiger partial charge on any atom is -0.507 e. The SMILES string of the molecule is CN[C@@]1([C@H](C)O)[C@@H](NC=O)[C@H](Nc2cccc(C(C)=O)c2)[C@](O)(COC(=O)c2c(C)cccc2O)[C@]1(C)O. The van der Waals surface area contributed by atoms with E-state index in [9.17, 15) is 34.8 Å². The third kappa shape index (κ3) is 4.51. The van der Waals surface area contributed by atoms with E-state index in [2.05, 4.69) is 16.0 Å². The van der Waals surface area contributed by atoms with Crippen LogP contribution in [0.2, 0.25) is 0 Å². The highest BCUT2D eigenvalue weighted by molar-refractivity contribution is 5.95. The lowest BCUT2D eigenvalue weighted by atomic mass is 9.73. The fourth-order valence-corrected chi connectivity index (χ4v) is 5.68. The van der Waals surface area contributed by atoms with Crippen molar-refractivity contribution in [2.24, 2.45) is 0 Å². The van der Waals surface area contributed by atoms with Crippen LogP contribution < -0.4 is 16.0 Å². The molecule has 6 atom stereocenters. The van der Waals surface area contributed by atoms with E-state index >= 15 is 0 Å². The van der Waals surface area contributed by atoms with Crippen molar-refractivity contribution in [1.82, 2.24) is 10.6 Å². The maximum atomic E-state index is 13.0. The molecule has 3 rings (SSSR count). The van der Waals surface area contributed by atoms with Gasteiger partial charge in [-0.3, -0.25) is 9.59 Å². The third-order valence-corrected chi connectivity index (χ3v) is 7.78. The van der Waals surface area contributed by atoms with Gasteiger partial charge in [0.05, 0.1) is 23.7 Å². The summed E-state index contributed by atoms with van der Waals surface area (Å²) in [5.74, 6) is -1.46. The van der Waals surface area contributed by atoms with E-state index in [1.807, 2.05) is 0 Å². The first-order valence-electron chi connectivity index (χ1n) is 12.1. The Bertz CT molecular complexity index is 1200. The second-order valence-corrected chi connectivity index (χ2v) is 9.86. The number of rotatable bonds is 10. The Labute approximate surface area is 220 Å². The second-order valence-electron chi connectivity index (χ2n) is 9.86. The summed E-state index contributed by atoms with van der Waals surface area (Å²) in [4.78, 5) is 36.6. The molecule has 0 spiro atoms. The molecular weight excluding hydrogens is 494 g/mol. The van der Waals surface area contributed by atoms with Gasteiger partial charge in [0.2, 0.25) is 6.41 Å². The van der Waals surface area contributed by atoms with Crippen molar-refractivity contribution in [1.29, 1.82) is 0 Å². The van der Waals surface area contributed by atoms with Gasteiger partial charge in [-0.2, -0.15) is 0 Å². The Hall–Kier alpha value is -3.51. The fraction of sp³-hybridized carbons (Fsp3) is 0.444. The number of aliphatic hydroxyl groups is 3. The number of carbonyl (C=O) groups is 3. The predicted octanol–water partition coefficient (Wildman–Crippen LogP) is 0.490. The predicted molar refractivity (Wildman–Crippen MR) is 139 cm³/mol. The van der Waals surface area contributed by atoms with Crippen molar-refractivity contribution in [2.75, 3.05) is 19.0 Å². The number of hydrogen-bond acceptors (Lipinski definition) is 10. The molecule has 11 heteroatoms. The van der Waals surface area contributed by atoms with Gasteiger partial charge in [-0.15, -0.1) is 0 Å². The summed E-state index contributed by atoms with van der Waals surface area (Å²) in [7, 11) is 1.46. The lowest BCUT2D eigenvalue weighted by Gasteiger charge is -2.48. The number of likely N-dealkylation sites (N-methyl/N-ethyl adjacent to an activating group) is 1. The number of aliphatic hydroxyl groups excluding tert-OH is 1. The number of esters is 1. The van der Waals surface area contributed by atoms with Crippen molar-refractivity contribution in [3.63, 3.8) is 0 Å². The molecule has 0 radical (unpaired) electrons. The standard InChI is InChI=1S/C27H35N3O8/c1-15-8-6-11-20(34)21(15)24(35)38-13-26(37)22(30-19-10-7-9-18(12-19)16(2)32)23(29-14-31)27(28-5,17(3)33)25(26,4)36/h6-12,14,17,22-23,28,30,33-34,36-37H,13H2,1-5H3,(H,29,31)/t17-,22-,23-,25-,26+,27-/m0/s1. The van der Waals surface area contributed by atoms with Crippen molar-refractivity contribution < 1.29 is 39.5 Å². The zero-order valence-corrected chi connectivity index (χ0v) is 22.0. The van der Waals surface area contributed by atoms with Crippen LogP contribution in [-0.4, -0.2) is 87.2 Å². The van der Waals surface area contributed by atoms with Crippen LogP contribution in [0.5, 0.6) is 5.75 Å². The summed E-state index contributed by atoms with van der Waals surface area (Å²) in [6.07, 6.45) is -0.961. The molecule has 11 nitrogen and oxygen atoms in total. The largest absolute Gasteiger partial charge is 0.507 e. The molecule has 1 aliphatic carbocycles. The van der Waals surface area contributed by atoms with Crippen LogP contribution in [0.25, 0.3) is 0 Å². The number of phenolic OH excluding ortho intramolecular Hbond substituents is 1. The number of phenols is 1. The van der Waals surface area contributed by atoms with E-state index < -0.39 is 47.5 Å². The Morgan fingerprint density at radius 2 is 1.82 bits per heavy atom. The molecule has 1 amide bonds. The van der Waals surface area contributed by atoms with E-state index in [-0.39, 0.29) is 17.1 Å². The number of Topliss-reactive ketones (excluding diaryl/α,β-unsaturated/α-hetero) is 1. The normalized spacial score (nSPS) is 29.4. The highest BCUT2D eigenvalue weighted by Crippen LogP contribution is 2.49. The van der Waals surface area contributed by atoms with Crippen molar-refractivity contribution in [3.8, 4) is 5.75 Å². The summed E-state index contributed by atoms with van der Waals surface area (Å²) in [5, 5.41) is 53.7. The maximum absolute atomic E-state index is 13.0. The van der Waals surface area contributed by atoms with Crippen molar-refractivity contribution >= 4 is 23.9 Å². The Morgan fingerprint density at radius 3 is 2.37 bits per heavy atom. The minimum atomic E-state index is -2.33. The van der Waals surface area contributed by atoms with Gasteiger partial charge in [0, 0.05) is 11.3 Å². The zero-order chi connectivity index (χ0) is 28.5. The number of ketones is 1. The third-order valence-electron chi connectivity index (χ3n) is 7.78. The summed E-state index contributed by atoms with van der Waals surface area (Å²) in [6.45, 7) is 4.87. The molecule has 0 unspecified atom stereocenters. The molecule has 1 saturated carbocycles. The van der Waals surface area contributed by atoms with E-state index in [1.165, 1.54) is 40.0 Å². The van der Waals surface area contributed by atoms with Gasteiger partial charge in [0.25, 0.3) is 0 Å². The zero-order valence-electron chi connectivity index (χ0n) is 22.0. The number of hydrogen-bond donors (Lipinski definition) is 7. The number of nitrogens with one attached hydrogen (secondary N) is 3. The summed E-state index contributed by atoms with van der Waals surface area (Å²) >= 11 is 0. The first-order chi connectivity index (χ1) is 17.8. The molecule has 38 heavy (non-hydrogen) atoms. The first kappa shape index (κ1) is 29.1. The molecule has 0 heterocycles. The first-order valence-corrected chi connectivity index (χ1v) is 12.1. The molecule has 7 N–H and O–H groups in total. The average molecular weight is 530 g/mol. The number of aromatic hydroxyl groups is 1. The van der Waals surface area contributed by atoms with Gasteiger partial charge in [-0.25, -0.2) is 4.79 Å². The lowest BCUT2D eigenvalue weighted by molar-refractivity contribution is -0.187. The van der Waals surface area contributed by atoms with Crippen molar-refractivity contribution in [2.45, 2.75) is 62.6 Å². The molecule has 206 valence electrons. The van der Waals surface area contributed by atoms with Gasteiger partial charge >= 0.3 is 5.97 Å². The maximum Gasteiger partial charge on any atom is 0.342 e. The topological polar surface area (TPSA) is 177 Å². The van der Waals surface area contributed by atoms with Crippen LogP contribution in [-0.2, 0) is 9.53 Å². The quantitative estimate of drug-likeness (QED) is 0.130. The molecule has 0 aliphatic heterocycles. The monoisotopic (exact) mass is 529 g/mol. The van der Waals surface area contributed by atoms with Crippen molar-refractivity contribution in [3.05, 3.63) is 59.2 Å². The smallest absolute Gasteiger partial charge is 0.342 e. The summed E-state index contributed by atoms with van der Waals surface area (Å²) in [5.41, 5.74) is -5.22. The van der Waals surface area contributed by atoms with Gasteiger partial charge in [0.1, 0.15) is 23.5 Å². The van der Waals surface area contributed by atoms with E-state index in [0.29, 0.717) is 23.2 Å². The number of ether oxygens (including phenoxy) is 1. The average Bonchev–Trinajstić information content (AvgIpc) is 2.98. The van der Waals surface area contributed by atoms with Crippen LogP contribution in [0.3, 0.4) is 0 Å². The Morgan fingerprint density at radius 1 is 1.16 bits per heavy atom.